The highest BCUT2D eigenvalue weighted by Crippen LogP contribution is 2.27. The van der Waals surface area contributed by atoms with Crippen molar-refractivity contribution in [3.05, 3.63) is 54.3 Å². The van der Waals surface area contributed by atoms with Crippen molar-refractivity contribution in [3.8, 4) is 5.75 Å². The molecule has 1 saturated heterocycles. The van der Waals surface area contributed by atoms with Gasteiger partial charge in [0.25, 0.3) is 5.91 Å². The van der Waals surface area contributed by atoms with Gasteiger partial charge >= 0.3 is 0 Å². The van der Waals surface area contributed by atoms with Crippen molar-refractivity contribution in [1.29, 1.82) is 0 Å². The molecule has 2 amide bonds. The van der Waals surface area contributed by atoms with Gasteiger partial charge in [-0.1, -0.05) is 12.1 Å². The van der Waals surface area contributed by atoms with Gasteiger partial charge in [0.1, 0.15) is 11.6 Å². The van der Waals surface area contributed by atoms with E-state index in [1.165, 1.54) is 29.2 Å². The van der Waals surface area contributed by atoms with Gasteiger partial charge in [0.2, 0.25) is 5.91 Å². The molecule has 1 heterocycles. The number of hydrogen-bond donors (Lipinski definition) is 3. The third-order valence-corrected chi connectivity index (χ3v) is 4.96. The van der Waals surface area contributed by atoms with Crippen LogP contribution < -0.4 is 25.2 Å². The predicted molar refractivity (Wildman–Crippen MR) is 113 cm³/mol. The molecule has 1 aliphatic rings. The molecule has 1 fully saturated rings. The third-order valence-electron chi connectivity index (χ3n) is 4.96. The van der Waals surface area contributed by atoms with Crippen LogP contribution in [0.4, 0.5) is 15.8 Å². The highest BCUT2D eigenvalue weighted by atomic mass is 19.1. The number of halogens is 1. The van der Waals surface area contributed by atoms with Gasteiger partial charge in [0.15, 0.2) is 6.54 Å². The highest BCUT2D eigenvalue weighted by molar-refractivity contribution is 5.94. The van der Waals surface area contributed by atoms with Crippen LogP contribution in [0.25, 0.3) is 0 Å². The average Bonchev–Trinajstić information content (AvgIpc) is 2.75. The first-order valence-electron chi connectivity index (χ1n) is 10.2. The van der Waals surface area contributed by atoms with Crippen molar-refractivity contribution >= 4 is 23.2 Å². The zero-order valence-corrected chi connectivity index (χ0v) is 17.1. The van der Waals surface area contributed by atoms with Gasteiger partial charge in [-0.05, 0) is 43.3 Å². The molecule has 8 heteroatoms. The zero-order chi connectivity index (χ0) is 21.3. The van der Waals surface area contributed by atoms with Crippen LogP contribution in [0.15, 0.2) is 48.5 Å². The van der Waals surface area contributed by atoms with Crippen LogP contribution in [0, 0.1) is 5.82 Å². The molecule has 160 valence electrons. The molecule has 0 aromatic heterocycles. The Kier molecular flexibility index (Phi) is 7.62. The van der Waals surface area contributed by atoms with E-state index in [2.05, 4.69) is 21.6 Å². The number of nitrogens with one attached hydrogen (secondary N) is 3. The van der Waals surface area contributed by atoms with Gasteiger partial charge in [-0.2, -0.15) is 0 Å². The molecule has 3 rings (SSSR count). The van der Waals surface area contributed by atoms with Gasteiger partial charge in [-0.15, -0.1) is 0 Å². The number of para-hydroxylation sites is 2. The van der Waals surface area contributed by atoms with Crippen LogP contribution in [0.5, 0.6) is 5.75 Å². The molecule has 2 aromatic carbocycles. The molecule has 2 aromatic rings. The lowest BCUT2D eigenvalue weighted by Gasteiger charge is -2.34. The fourth-order valence-corrected chi connectivity index (χ4v) is 3.44. The Balaban J connectivity index is 1.40. The van der Waals surface area contributed by atoms with E-state index in [1.54, 1.807) is 0 Å². The number of carbonyl (C=O) groups is 2. The van der Waals surface area contributed by atoms with Crippen LogP contribution >= 0.6 is 0 Å². The van der Waals surface area contributed by atoms with Crippen LogP contribution in [-0.4, -0.2) is 57.7 Å². The first kappa shape index (κ1) is 21.6. The van der Waals surface area contributed by atoms with Gasteiger partial charge < -0.3 is 25.2 Å². The van der Waals surface area contributed by atoms with Crippen molar-refractivity contribution in [3.63, 3.8) is 0 Å². The first-order chi connectivity index (χ1) is 14.5. The summed E-state index contributed by atoms with van der Waals surface area (Å²) in [6.07, 6.45) is 0. The first-order valence-corrected chi connectivity index (χ1v) is 10.2. The smallest absolute Gasteiger partial charge is 0.275 e. The minimum absolute atomic E-state index is 0.114. The molecule has 7 nitrogen and oxygen atoms in total. The number of hydrogen-bond acceptors (Lipinski definition) is 4. The second kappa shape index (κ2) is 10.6. The van der Waals surface area contributed by atoms with Gasteiger partial charge in [0, 0.05) is 5.69 Å². The minimum Gasteiger partial charge on any atom is -0.492 e. The van der Waals surface area contributed by atoms with E-state index < -0.39 is 0 Å². The molecule has 0 atom stereocenters. The number of ether oxygens (including phenoxy) is 1. The van der Waals surface area contributed by atoms with E-state index in [4.69, 9.17) is 4.74 Å². The Morgan fingerprint density at radius 2 is 1.77 bits per heavy atom. The van der Waals surface area contributed by atoms with E-state index in [-0.39, 0.29) is 24.2 Å². The highest BCUT2D eigenvalue weighted by Gasteiger charge is 2.24. The quantitative estimate of drug-likeness (QED) is 0.593. The molecule has 1 aliphatic heterocycles. The molecule has 0 radical (unpaired) electrons. The van der Waals surface area contributed by atoms with Crippen molar-refractivity contribution < 1.29 is 23.6 Å². The maximum atomic E-state index is 12.9. The zero-order valence-electron chi connectivity index (χ0n) is 17.1. The molecule has 30 heavy (non-hydrogen) atoms. The van der Waals surface area contributed by atoms with Crippen molar-refractivity contribution in [2.24, 2.45) is 0 Å². The summed E-state index contributed by atoms with van der Waals surface area (Å²) in [7, 11) is 0. The van der Waals surface area contributed by atoms with Gasteiger partial charge in [-0.25, -0.2) is 4.39 Å². The number of benzene rings is 2. The molecule has 0 spiro atoms. The Hall–Kier alpha value is -3.13. The van der Waals surface area contributed by atoms with E-state index >= 15 is 0 Å². The van der Waals surface area contributed by atoms with Crippen LogP contribution in [0.2, 0.25) is 0 Å². The molecule has 0 unspecified atom stereocenters. The van der Waals surface area contributed by atoms with Crippen LogP contribution in [-0.2, 0) is 9.59 Å². The second-order valence-corrected chi connectivity index (χ2v) is 7.15. The molecular formula is C22H28FN4O3+. The largest absolute Gasteiger partial charge is 0.492 e. The van der Waals surface area contributed by atoms with E-state index in [0.29, 0.717) is 18.8 Å². The average molecular weight is 415 g/mol. The molecule has 0 saturated carbocycles. The van der Waals surface area contributed by atoms with Gasteiger partial charge in [-0.3, -0.25) is 9.59 Å². The van der Waals surface area contributed by atoms with Crippen molar-refractivity contribution in [1.82, 2.24) is 5.32 Å². The summed E-state index contributed by atoms with van der Waals surface area (Å²) < 4.78 is 18.6. The number of carbonyl (C=O) groups excluding carboxylic acids is 2. The van der Waals surface area contributed by atoms with Crippen LogP contribution in [0.1, 0.15) is 6.92 Å². The molecular weight excluding hydrogens is 387 g/mol. The third kappa shape index (κ3) is 6.18. The maximum Gasteiger partial charge on any atom is 0.275 e. The maximum absolute atomic E-state index is 12.9. The monoisotopic (exact) mass is 415 g/mol. The lowest BCUT2D eigenvalue weighted by Crippen LogP contribution is -3.16. The SMILES string of the molecule is CCOc1ccccc1N1CC[NH+](CC(=O)NCC(=O)Nc2ccc(F)cc2)CC1. The van der Waals surface area contributed by atoms with Crippen molar-refractivity contribution in [2.75, 3.05) is 56.1 Å². The summed E-state index contributed by atoms with van der Waals surface area (Å²) in [6, 6.07) is 13.5. The summed E-state index contributed by atoms with van der Waals surface area (Å²) in [5.74, 6) is 0.00356. The molecule has 3 N–H and O–H groups in total. The molecule has 0 bridgehead atoms. The Bertz CT molecular complexity index is 852. The van der Waals surface area contributed by atoms with Crippen LogP contribution in [0.3, 0.4) is 0 Å². The lowest BCUT2D eigenvalue weighted by molar-refractivity contribution is -0.892. The standard InChI is InChI=1S/C22H27FN4O3/c1-2-30-20-6-4-3-5-19(20)27-13-11-26(12-14-27)16-22(29)24-15-21(28)25-18-9-7-17(23)8-10-18/h3-10H,2,11-16H2,1H3,(H,24,29)(H,25,28)/p+1. The topological polar surface area (TPSA) is 75.1 Å². The number of quaternary nitrogens is 1. The van der Waals surface area contributed by atoms with E-state index in [1.807, 2.05) is 25.1 Å². The summed E-state index contributed by atoms with van der Waals surface area (Å²) in [5.41, 5.74) is 1.57. The summed E-state index contributed by atoms with van der Waals surface area (Å²) in [4.78, 5) is 27.6. The van der Waals surface area contributed by atoms with Gasteiger partial charge in [0.05, 0.1) is 45.0 Å². The second-order valence-electron chi connectivity index (χ2n) is 7.15. The predicted octanol–water partition coefficient (Wildman–Crippen LogP) is 0.684. The lowest BCUT2D eigenvalue weighted by atomic mass is 10.2. The number of rotatable bonds is 8. The minimum atomic E-state index is -0.370. The Morgan fingerprint density at radius 1 is 1.07 bits per heavy atom. The Labute approximate surface area is 175 Å². The number of amides is 2. The number of nitrogens with zero attached hydrogens (tertiary/aromatic N) is 1. The van der Waals surface area contributed by atoms with E-state index in [9.17, 15) is 14.0 Å². The summed E-state index contributed by atoms with van der Waals surface area (Å²) >= 11 is 0. The fourth-order valence-electron chi connectivity index (χ4n) is 3.44. The van der Waals surface area contributed by atoms with Crippen molar-refractivity contribution in [2.45, 2.75) is 6.92 Å². The molecule has 0 aliphatic carbocycles. The van der Waals surface area contributed by atoms with E-state index in [0.717, 1.165) is 37.6 Å². The normalized spacial score (nSPS) is 14.3. The fraction of sp³-hybridized carbons (Fsp3) is 0.364. The number of anilines is 2. The summed E-state index contributed by atoms with van der Waals surface area (Å²) in [6.45, 7) is 6.12. The summed E-state index contributed by atoms with van der Waals surface area (Å²) in [5, 5.41) is 5.27. The number of piperazine rings is 1. The Morgan fingerprint density at radius 3 is 2.47 bits per heavy atom.